The largest absolute Gasteiger partial charge is 0.461 e. The number of nitrogens with two attached hydrogens (primary N) is 1. The minimum atomic E-state index is -0.497. The van der Waals surface area contributed by atoms with Crippen molar-refractivity contribution in [1.29, 1.82) is 0 Å². The van der Waals surface area contributed by atoms with E-state index in [-0.39, 0.29) is 0 Å². The van der Waals surface area contributed by atoms with Gasteiger partial charge in [0.1, 0.15) is 0 Å². The second-order valence-electron chi connectivity index (χ2n) is 2.92. The molecular formula is C11H9NO3. The van der Waals surface area contributed by atoms with Gasteiger partial charge in [-0.15, -0.1) is 0 Å². The molecule has 0 saturated carbocycles. The molecule has 1 amide bonds. The summed E-state index contributed by atoms with van der Waals surface area (Å²) in [7, 11) is 0. The van der Waals surface area contributed by atoms with Gasteiger partial charge in [0.2, 0.25) is 5.91 Å². The molecule has 2 rings (SSSR count). The van der Waals surface area contributed by atoms with Crippen LogP contribution in [0.1, 0.15) is 0 Å². The summed E-state index contributed by atoms with van der Waals surface area (Å²) in [6.07, 6.45) is 11.3. The summed E-state index contributed by atoms with van der Waals surface area (Å²) in [4.78, 5) is 10.9. The zero-order valence-electron chi connectivity index (χ0n) is 7.84. The quantitative estimate of drug-likeness (QED) is 0.697. The van der Waals surface area contributed by atoms with Gasteiger partial charge in [-0.1, -0.05) is 6.08 Å². The average molecular weight is 203 g/mol. The Morgan fingerprint density at radius 2 is 1.87 bits per heavy atom. The average Bonchev–Trinajstić information content (AvgIpc) is 2.30. The smallest absolute Gasteiger partial charge is 0.248 e. The van der Waals surface area contributed by atoms with E-state index in [2.05, 4.69) is 0 Å². The molecule has 0 fully saturated rings. The van der Waals surface area contributed by atoms with Gasteiger partial charge in [0.05, 0.1) is 12.5 Å². The van der Waals surface area contributed by atoms with Gasteiger partial charge in [0, 0.05) is 5.57 Å². The molecule has 0 radical (unpaired) electrons. The maximum atomic E-state index is 10.9. The number of rotatable bonds is 1. The highest BCUT2D eigenvalue weighted by molar-refractivity contribution is 5.95. The van der Waals surface area contributed by atoms with Crippen LogP contribution in [0.25, 0.3) is 0 Å². The van der Waals surface area contributed by atoms with E-state index in [1.165, 1.54) is 18.6 Å². The Morgan fingerprint density at radius 1 is 1.07 bits per heavy atom. The van der Waals surface area contributed by atoms with Crippen LogP contribution in [0.15, 0.2) is 60.0 Å². The number of amides is 1. The molecule has 0 bridgehead atoms. The van der Waals surface area contributed by atoms with Crippen LogP contribution in [0, 0.1) is 0 Å². The lowest BCUT2D eigenvalue weighted by Gasteiger charge is -2.12. The van der Waals surface area contributed by atoms with Gasteiger partial charge >= 0.3 is 0 Å². The predicted molar refractivity (Wildman–Crippen MR) is 53.9 cm³/mol. The minimum Gasteiger partial charge on any atom is -0.461 e. The summed E-state index contributed by atoms with van der Waals surface area (Å²) in [5.41, 5.74) is 5.53. The van der Waals surface area contributed by atoms with E-state index in [1.54, 1.807) is 18.2 Å². The molecule has 0 unspecified atom stereocenters. The standard InChI is InChI=1S/C11H9NO3/c12-11(13)8-4-6-15-10(7-8)9-3-1-2-5-14-9/h1-7H,(H2,12,13). The minimum absolute atomic E-state index is 0.385. The van der Waals surface area contributed by atoms with Gasteiger partial charge in [-0.3, -0.25) is 4.79 Å². The van der Waals surface area contributed by atoms with Crippen molar-refractivity contribution in [1.82, 2.24) is 0 Å². The number of ether oxygens (including phenoxy) is 2. The van der Waals surface area contributed by atoms with Crippen molar-refractivity contribution in [2.45, 2.75) is 0 Å². The first-order chi connectivity index (χ1) is 7.27. The van der Waals surface area contributed by atoms with Crippen LogP contribution < -0.4 is 5.73 Å². The van der Waals surface area contributed by atoms with Crippen molar-refractivity contribution >= 4 is 5.91 Å². The van der Waals surface area contributed by atoms with Gasteiger partial charge in [-0.2, -0.15) is 0 Å². The molecule has 0 aromatic heterocycles. The fourth-order valence-corrected chi connectivity index (χ4v) is 1.17. The monoisotopic (exact) mass is 203 g/mol. The summed E-state index contributed by atoms with van der Waals surface area (Å²) >= 11 is 0. The lowest BCUT2D eigenvalue weighted by atomic mass is 10.1. The Bertz CT molecular complexity index is 439. The van der Waals surface area contributed by atoms with E-state index in [9.17, 15) is 4.79 Å². The van der Waals surface area contributed by atoms with Gasteiger partial charge in [0.15, 0.2) is 11.5 Å². The summed E-state index contributed by atoms with van der Waals surface area (Å²) in [5, 5.41) is 0. The zero-order chi connectivity index (χ0) is 10.7. The van der Waals surface area contributed by atoms with Crippen molar-refractivity contribution in [2.24, 2.45) is 5.73 Å². The van der Waals surface area contributed by atoms with E-state index in [1.807, 2.05) is 6.08 Å². The molecule has 2 heterocycles. The van der Waals surface area contributed by atoms with Crippen LogP contribution in [0.3, 0.4) is 0 Å². The van der Waals surface area contributed by atoms with Crippen LogP contribution in [-0.4, -0.2) is 5.91 Å². The van der Waals surface area contributed by atoms with E-state index >= 15 is 0 Å². The first-order valence-corrected chi connectivity index (χ1v) is 4.36. The van der Waals surface area contributed by atoms with Gasteiger partial charge < -0.3 is 15.2 Å². The van der Waals surface area contributed by atoms with Crippen LogP contribution in [0.4, 0.5) is 0 Å². The number of carbonyl (C=O) groups excluding carboxylic acids is 1. The molecule has 2 aliphatic heterocycles. The molecule has 0 aromatic carbocycles. The zero-order valence-corrected chi connectivity index (χ0v) is 7.84. The van der Waals surface area contributed by atoms with E-state index < -0.39 is 5.91 Å². The van der Waals surface area contributed by atoms with E-state index in [0.717, 1.165) is 0 Å². The topological polar surface area (TPSA) is 61.6 Å². The highest BCUT2D eigenvalue weighted by Gasteiger charge is 2.12. The first-order valence-electron chi connectivity index (χ1n) is 4.36. The molecule has 0 atom stereocenters. The van der Waals surface area contributed by atoms with Crippen LogP contribution in [0.2, 0.25) is 0 Å². The lowest BCUT2D eigenvalue weighted by molar-refractivity contribution is -0.114. The summed E-state index contributed by atoms with van der Waals surface area (Å²) < 4.78 is 10.4. The van der Waals surface area contributed by atoms with E-state index in [0.29, 0.717) is 17.1 Å². The number of primary amides is 1. The maximum absolute atomic E-state index is 10.9. The molecule has 0 aromatic rings. The van der Waals surface area contributed by atoms with Crippen LogP contribution in [0.5, 0.6) is 0 Å². The molecule has 0 spiro atoms. The molecular weight excluding hydrogens is 194 g/mol. The number of hydrogen-bond donors (Lipinski definition) is 1. The second-order valence-corrected chi connectivity index (χ2v) is 2.92. The van der Waals surface area contributed by atoms with Crippen molar-refractivity contribution in [2.75, 3.05) is 0 Å². The third kappa shape index (κ3) is 1.99. The Balaban J connectivity index is 2.32. The highest BCUT2D eigenvalue weighted by atomic mass is 16.5. The second kappa shape index (κ2) is 3.88. The lowest BCUT2D eigenvalue weighted by Crippen LogP contribution is -2.14. The Morgan fingerprint density at radius 3 is 2.53 bits per heavy atom. The third-order valence-electron chi connectivity index (χ3n) is 1.89. The Labute approximate surface area is 86.7 Å². The molecule has 4 heteroatoms. The molecule has 0 saturated heterocycles. The summed E-state index contributed by atoms with van der Waals surface area (Å²) in [6, 6.07) is 0. The fraction of sp³-hybridized carbons (Fsp3) is 0. The Hall–Kier alpha value is -2.23. The van der Waals surface area contributed by atoms with E-state index in [4.69, 9.17) is 15.2 Å². The summed E-state index contributed by atoms with van der Waals surface area (Å²) in [6.45, 7) is 0. The molecule has 4 nitrogen and oxygen atoms in total. The Kier molecular flexibility index (Phi) is 2.41. The van der Waals surface area contributed by atoms with Crippen molar-refractivity contribution in [3.05, 3.63) is 60.0 Å². The number of hydrogen-bond acceptors (Lipinski definition) is 3. The molecule has 0 aliphatic carbocycles. The van der Waals surface area contributed by atoms with Gasteiger partial charge in [-0.25, -0.2) is 0 Å². The van der Waals surface area contributed by atoms with Crippen molar-refractivity contribution in [3.63, 3.8) is 0 Å². The number of carbonyl (C=O) groups is 1. The maximum Gasteiger partial charge on any atom is 0.248 e. The van der Waals surface area contributed by atoms with Gasteiger partial charge in [0.25, 0.3) is 0 Å². The van der Waals surface area contributed by atoms with Crippen molar-refractivity contribution in [3.8, 4) is 0 Å². The summed E-state index contributed by atoms with van der Waals surface area (Å²) in [5.74, 6) is 0.510. The van der Waals surface area contributed by atoms with Crippen molar-refractivity contribution < 1.29 is 14.3 Å². The van der Waals surface area contributed by atoms with Crippen LogP contribution in [-0.2, 0) is 14.3 Å². The molecule has 2 N–H and O–H groups in total. The molecule has 2 aliphatic rings. The van der Waals surface area contributed by atoms with Gasteiger partial charge in [-0.05, 0) is 24.3 Å². The van der Waals surface area contributed by atoms with Crippen LogP contribution >= 0.6 is 0 Å². The fourth-order valence-electron chi connectivity index (χ4n) is 1.17. The highest BCUT2D eigenvalue weighted by Crippen LogP contribution is 2.20. The third-order valence-corrected chi connectivity index (χ3v) is 1.89. The normalized spacial score (nSPS) is 23.1. The predicted octanol–water partition coefficient (Wildman–Crippen LogP) is 1.25. The molecule has 15 heavy (non-hydrogen) atoms. The first kappa shape index (κ1) is 9.33. The molecule has 76 valence electrons. The number of allylic oxidation sites excluding steroid dienone is 4. The SMILES string of the molecule is NC(=O)C1=CC(=C2C=CC=CO2)OC=C1.